The standard InChI is InChI=1S/C19H27BO2/c1-13(2)18(3,4)19(5,6)22-20-17-12-15(21)11-14-9-7-8-10-16(14)17/h7-13,20-21H,1-6H3. The molecule has 0 aliphatic carbocycles. The van der Waals surface area contributed by atoms with Crippen molar-refractivity contribution < 1.29 is 9.76 Å². The van der Waals surface area contributed by atoms with E-state index < -0.39 is 0 Å². The Morgan fingerprint density at radius 3 is 2.32 bits per heavy atom. The quantitative estimate of drug-likeness (QED) is 0.845. The molecule has 1 N–H and O–H groups in total. The van der Waals surface area contributed by atoms with Crippen LogP contribution in [0.3, 0.4) is 0 Å². The number of rotatable bonds is 5. The Morgan fingerprint density at radius 1 is 1.05 bits per heavy atom. The van der Waals surface area contributed by atoms with Gasteiger partial charge in [0.15, 0.2) is 0 Å². The SMILES string of the molecule is CC(C)C(C)(C)C(C)(C)OBc1cc(O)cc2ccccc12. The van der Waals surface area contributed by atoms with Crippen molar-refractivity contribution in [2.45, 2.75) is 47.1 Å². The lowest BCUT2D eigenvalue weighted by molar-refractivity contribution is -0.0359. The van der Waals surface area contributed by atoms with Crippen molar-refractivity contribution in [3.8, 4) is 5.75 Å². The summed E-state index contributed by atoms with van der Waals surface area (Å²) in [6.07, 6.45) is 0. The van der Waals surface area contributed by atoms with Crippen LogP contribution in [0.5, 0.6) is 5.75 Å². The number of phenols is 1. The Morgan fingerprint density at radius 2 is 1.68 bits per heavy atom. The molecule has 2 nitrogen and oxygen atoms in total. The molecule has 0 unspecified atom stereocenters. The van der Waals surface area contributed by atoms with Crippen molar-refractivity contribution in [2.24, 2.45) is 11.3 Å². The van der Waals surface area contributed by atoms with Crippen LogP contribution in [0.1, 0.15) is 41.5 Å². The van der Waals surface area contributed by atoms with E-state index in [0.717, 1.165) is 16.2 Å². The summed E-state index contributed by atoms with van der Waals surface area (Å²) in [7, 11) is 0.498. The second kappa shape index (κ2) is 5.96. The smallest absolute Gasteiger partial charge is 0.310 e. The Kier molecular flexibility index (Phi) is 4.58. The maximum atomic E-state index is 9.93. The summed E-state index contributed by atoms with van der Waals surface area (Å²) in [6.45, 7) is 13.3. The van der Waals surface area contributed by atoms with Crippen LogP contribution in [-0.4, -0.2) is 18.2 Å². The van der Waals surface area contributed by atoms with Gasteiger partial charge in [-0.05, 0) is 53.5 Å². The third kappa shape index (κ3) is 3.15. The molecule has 0 amide bonds. The van der Waals surface area contributed by atoms with E-state index in [2.05, 4.69) is 47.6 Å². The van der Waals surface area contributed by atoms with Gasteiger partial charge in [0, 0.05) is 0 Å². The second-order valence-corrected chi connectivity index (χ2v) is 7.50. The highest BCUT2D eigenvalue weighted by Crippen LogP contribution is 2.40. The highest BCUT2D eigenvalue weighted by Gasteiger charge is 2.40. The van der Waals surface area contributed by atoms with E-state index in [1.807, 2.05) is 18.2 Å². The van der Waals surface area contributed by atoms with Gasteiger partial charge in [-0.25, -0.2) is 0 Å². The summed E-state index contributed by atoms with van der Waals surface area (Å²) in [4.78, 5) is 0. The van der Waals surface area contributed by atoms with Crippen LogP contribution < -0.4 is 5.46 Å². The van der Waals surface area contributed by atoms with E-state index in [-0.39, 0.29) is 11.0 Å². The van der Waals surface area contributed by atoms with Crippen molar-refractivity contribution in [3.63, 3.8) is 0 Å². The van der Waals surface area contributed by atoms with Crippen molar-refractivity contribution in [1.29, 1.82) is 0 Å². The third-order valence-electron chi connectivity index (χ3n) is 5.52. The van der Waals surface area contributed by atoms with E-state index in [1.165, 1.54) is 0 Å². The molecular formula is C19H27BO2. The van der Waals surface area contributed by atoms with Crippen LogP contribution in [0.15, 0.2) is 36.4 Å². The van der Waals surface area contributed by atoms with Crippen LogP contribution in [-0.2, 0) is 4.65 Å². The van der Waals surface area contributed by atoms with Crippen molar-refractivity contribution in [3.05, 3.63) is 36.4 Å². The summed E-state index contributed by atoms with van der Waals surface area (Å²) >= 11 is 0. The molecule has 0 aromatic heterocycles. The molecule has 22 heavy (non-hydrogen) atoms. The molecule has 0 heterocycles. The second-order valence-electron chi connectivity index (χ2n) is 7.50. The van der Waals surface area contributed by atoms with E-state index in [0.29, 0.717) is 19.1 Å². The first-order chi connectivity index (χ1) is 10.1. The normalized spacial score (nSPS) is 12.9. The Bertz CT molecular complexity index is 660. The maximum Gasteiger partial charge on any atom is 0.310 e. The minimum Gasteiger partial charge on any atom is -0.508 e. The highest BCUT2D eigenvalue weighted by atomic mass is 16.5. The third-order valence-corrected chi connectivity index (χ3v) is 5.52. The Hall–Kier alpha value is -1.48. The first-order valence-electron chi connectivity index (χ1n) is 8.00. The van der Waals surface area contributed by atoms with Crippen LogP contribution in [0.25, 0.3) is 10.8 Å². The number of hydrogen-bond donors (Lipinski definition) is 1. The minimum absolute atomic E-state index is 0.0552. The number of hydrogen-bond acceptors (Lipinski definition) is 2. The molecule has 0 radical (unpaired) electrons. The lowest BCUT2D eigenvalue weighted by Crippen LogP contribution is -2.47. The predicted molar refractivity (Wildman–Crippen MR) is 96.2 cm³/mol. The molecule has 0 bridgehead atoms. The van der Waals surface area contributed by atoms with Crippen molar-refractivity contribution >= 4 is 23.7 Å². The highest BCUT2D eigenvalue weighted by molar-refractivity contribution is 6.51. The molecule has 2 aromatic rings. The monoisotopic (exact) mass is 298 g/mol. The van der Waals surface area contributed by atoms with Gasteiger partial charge in [-0.2, -0.15) is 0 Å². The van der Waals surface area contributed by atoms with Gasteiger partial charge in [0.05, 0.1) is 5.60 Å². The van der Waals surface area contributed by atoms with Gasteiger partial charge in [0.2, 0.25) is 0 Å². The summed E-state index contributed by atoms with van der Waals surface area (Å²) < 4.78 is 6.29. The number of fused-ring (bicyclic) bond motifs is 1. The van der Waals surface area contributed by atoms with Gasteiger partial charge in [0.25, 0.3) is 0 Å². The molecule has 0 saturated heterocycles. The molecule has 0 aliphatic rings. The van der Waals surface area contributed by atoms with Gasteiger partial charge in [-0.1, -0.05) is 52.0 Å². The van der Waals surface area contributed by atoms with Gasteiger partial charge >= 0.3 is 7.48 Å². The van der Waals surface area contributed by atoms with Crippen molar-refractivity contribution in [1.82, 2.24) is 0 Å². The first-order valence-corrected chi connectivity index (χ1v) is 8.00. The molecule has 3 heteroatoms. The van der Waals surface area contributed by atoms with Crippen LogP contribution in [0.2, 0.25) is 0 Å². The average Bonchev–Trinajstić information content (AvgIpc) is 2.44. The fourth-order valence-electron chi connectivity index (χ4n) is 2.63. The zero-order valence-corrected chi connectivity index (χ0v) is 14.6. The summed E-state index contributed by atoms with van der Waals surface area (Å²) in [5.41, 5.74) is 0.830. The fraction of sp³-hybridized carbons (Fsp3) is 0.474. The summed E-state index contributed by atoms with van der Waals surface area (Å²) in [5, 5.41) is 12.1. The van der Waals surface area contributed by atoms with Gasteiger partial charge < -0.3 is 9.76 Å². The van der Waals surface area contributed by atoms with Gasteiger partial charge in [0.1, 0.15) is 5.75 Å². The lowest BCUT2D eigenvalue weighted by atomic mass is 9.68. The molecular weight excluding hydrogens is 271 g/mol. The zero-order valence-electron chi connectivity index (χ0n) is 14.6. The molecule has 0 saturated carbocycles. The Labute approximate surface area is 134 Å². The van der Waals surface area contributed by atoms with E-state index >= 15 is 0 Å². The van der Waals surface area contributed by atoms with E-state index in [1.54, 1.807) is 12.1 Å². The first kappa shape index (κ1) is 16.9. The van der Waals surface area contributed by atoms with Crippen LogP contribution in [0, 0.1) is 11.3 Å². The number of phenolic OH excluding ortho intramolecular Hbond substituents is 1. The summed E-state index contributed by atoms with van der Waals surface area (Å²) in [5.74, 6) is 0.807. The van der Waals surface area contributed by atoms with Gasteiger partial charge in [-0.15, -0.1) is 0 Å². The lowest BCUT2D eigenvalue weighted by Gasteiger charge is -2.45. The molecule has 0 atom stereocenters. The molecule has 0 fully saturated rings. The number of benzene rings is 2. The summed E-state index contributed by atoms with van der Waals surface area (Å²) in [6, 6.07) is 11.7. The average molecular weight is 298 g/mol. The van der Waals surface area contributed by atoms with Crippen molar-refractivity contribution in [2.75, 3.05) is 0 Å². The van der Waals surface area contributed by atoms with E-state index in [9.17, 15) is 5.11 Å². The molecule has 0 aliphatic heterocycles. The fourth-order valence-corrected chi connectivity index (χ4v) is 2.63. The van der Waals surface area contributed by atoms with Crippen LogP contribution in [0.4, 0.5) is 0 Å². The van der Waals surface area contributed by atoms with Gasteiger partial charge in [-0.3, -0.25) is 0 Å². The molecule has 2 aromatic carbocycles. The Balaban J connectivity index is 2.29. The molecule has 0 spiro atoms. The molecule has 118 valence electrons. The number of aromatic hydroxyl groups is 1. The minimum atomic E-state index is -0.256. The largest absolute Gasteiger partial charge is 0.508 e. The van der Waals surface area contributed by atoms with Crippen LogP contribution >= 0.6 is 0 Å². The zero-order chi connectivity index (χ0) is 16.5. The topological polar surface area (TPSA) is 29.5 Å². The molecule has 2 rings (SSSR count). The van der Waals surface area contributed by atoms with E-state index in [4.69, 9.17) is 4.65 Å². The predicted octanol–water partition coefficient (Wildman–Crippen LogP) is 4.00. The maximum absolute atomic E-state index is 9.93.